The lowest BCUT2D eigenvalue weighted by Gasteiger charge is -2.57. The van der Waals surface area contributed by atoms with Crippen LogP contribution in [0, 0.1) is 6.92 Å². The minimum absolute atomic E-state index is 0.0402. The zero-order valence-corrected chi connectivity index (χ0v) is 23.9. The molecule has 234 valence electrons. The van der Waals surface area contributed by atoms with Gasteiger partial charge in [-0.25, -0.2) is 27.9 Å². The largest absolute Gasteiger partial charge is 0.490 e. The van der Waals surface area contributed by atoms with Gasteiger partial charge in [-0.2, -0.15) is 26.3 Å². The van der Waals surface area contributed by atoms with E-state index in [9.17, 15) is 39.6 Å². The van der Waals surface area contributed by atoms with Crippen molar-refractivity contribution in [3.8, 4) is 11.3 Å². The lowest BCUT2D eigenvalue weighted by atomic mass is 9.65. The molecule has 3 N–H and O–H groups in total. The molecule has 3 aromatic rings. The van der Waals surface area contributed by atoms with Crippen molar-refractivity contribution >= 4 is 27.5 Å². The Morgan fingerprint density at radius 3 is 2.33 bits per heavy atom. The fraction of sp³-hybridized carbons (Fsp3) is 0.500. The third-order valence-electron chi connectivity index (χ3n) is 8.27. The van der Waals surface area contributed by atoms with E-state index in [2.05, 4.69) is 14.7 Å². The van der Waals surface area contributed by atoms with Crippen molar-refractivity contribution in [3.63, 3.8) is 0 Å². The van der Waals surface area contributed by atoms with Gasteiger partial charge in [0.25, 0.3) is 0 Å². The number of hydrogen-bond donors (Lipinski definition) is 2. The van der Waals surface area contributed by atoms with Crippen LogP contribution in [-0.2, 0) is 30.5 Å². The number of aryl methyl sites for hydroxylation is 1. The summed E-state index contributed by atoms with van der Waals surface area (Å²) in [6, 6.07) is 4.14. The Labute approximate surface area is 241 Å². The smallest absolute Gasteiger partial charge is 0.450 e. The summed E-state index contributed by atoms with van der Waals surface area (Å²) in [6.45, 7) is 4.12. The number of halogens is 6. The van der Waals surface area contributed by atoms with Crippen molar-refractivity contribution < 1.29 is 49.0 Å². The molecule has 1 saturated carbocycles. The standard InChI is InChI=1S/C26H27F6N5O5S/c1-14-4-5-15(10-16(14)17-11-34-20-19(33)35-18(12-37(17)20)25(27,28)29)43(39,40)36-23-6-8-24(9-7-23,41-13-23)22(2,3)42-21(38)26(30,31)32/h4-5,10-12,36H,6-9,13H2,1-3H3,(H2,33,35). The predicted octanol–water partition coefficient (Wildman–Crippen LogP) is 4.55. The quantitative estimate of drug-likeness (QED) is 0.297. The first-order valence-corrected chi connectivity index (χ1v) is 14.5. The number of hydrogen-bond acceptors (Lipinski definition) is 8. The lowest BCUT2D eigenvalue weighted by molar-refractivity contribution is -0.263. The molecule has 2 saturated heterocycles. The van der Waals surface area contributed by atoms with Gasteiger partial charge in [0.2, 0.25) is 10.0 Å². The van der Waals surface area contributed by atoms with Crippen LogP contribution in [0.2, 0.25) is 0 Å². The molecule has 2 aliphatic heterocycles. The van der Waals surface area contributed by atoms with Crippen LogP contribution in [0.4, 0.5) is 32.2 Å². The number of alkyl halides is 6. The first-order chi connectivity index (χ1) is 19.7. The van der Waals surface area contributed by atoms with Crippen LogP contribution in [0.3, 0.4) is 0 Å². The molecule has 6 rings (SSSR count). The number of nitrogen functional groups attached to an aromatic ring is 1. The molecule has 1 aromatic carbocycles. The van der Waals surface area contributed by atoms with Gasteiger partial charge in [0, 0.05) is 11.8 Å². The Kier molecular flexibility index (Phi) is 7.05. The van der Waals surface area contributed by atoms with Gasteiger partial charge in [-0.15, -0.1) is 0 Å². The summed E-state index contributed by atoms with van der Waals surface area (Å²) in [5.41, 5.74) is 1.43. The molecule has 0 atom stereocenters. The van der Waals surface area contributed by atoms with E-state index in [0.29, 0.717) is 5.56 Å². The van der Waals surface area contributed by atoms with E-state index in [1.165, 1.54) is 38.2 Å². The topological polar surface area (TPSA) is 138 Å². The number of fused-ring (bicyclic) bond motifs is 4. The Balaban J connectivity index is 1.41. The van der Waals surface area contributed by atoms with Gasteiger partial charge in [-0.3, -0.25) is 4.40 Å². The molecular weight excluding hydrogens is 608 g/mol. The van der Waals surface area contributed by atoms with Gasteiger partial charge in [-0.1, -0.05) is 6.07 Å². The Morgan fingerprint density at radius 2 is 1.77 bits per heavy atom. The van der Waals surface area contributed by atoms with E-state index >= 15 is 0 Å². The van der Waals surface area contributed by atoms with Gasteiger partial charge in [0.1, 0.15) is 11.2 Å². The fourth-order valence-corrected chi connectivity index (χ4v) is 7.19. The number of imidazole rings is 1. The van der Waals surface area contributed by atoms with Crippen LogP contribution in [-0.4, -0.2) is 58.3 Å². The molecule has 0 spiro atoms. The second kappa shape index (κ2) is 9.79. The number of benzene rings is 1. The number of sulfonamides is 1. The Morgan fingerprint density at radius 1 is 1.12 bits per heavy atom. The monoisotopic (exact) mass is 635 g/mol. The normalized spacial score (nSPS) is 23.1. The number of nitrogens with one attached hydrogen (secondary N) is 1. The molecule has 3 aliphatic rings. The Bertz CT molecular complexity index is 1690. The highest BCUT2D eigenvalue weighted by Crippen LogP contribution is 2.51. The summed E-state index contributed by atoms with van der Waals surface area (Å²) in [5, 5.41) is 0. The zero-order chi connectivity index (χ0) is 31.8. The number of carbonyl (C=O) groups is 1. The molecule has 17 heteroatoms. The number of carbonyl (C=O) groups excluding carboxylic acids is 1. The van der Waals surface area contributed by atoms with Crippen molar-refractivity contribution in [2.24, 2.45) is 0 Å². The summed E-state index contributed by atoms with van der Waals surface area (Å²) in [4.78, 5) is 18.8. The van der Waals surface area contributed by atoms with Crippen molar-refractivity contribution in [2.75, 3.05) is 12.3 Å². The van der Waals surface area contributed by atoms with E-state index in [1.807, 2.05) is 0 Å². The highest BCUT2D eigenvalue weighted by atomic mass is 32.2. The summed E-state index contributed by atoms with van der Waals surface area (Å²) in [5.74, 6) is -2.79. The van der Waals surface area contributed by atoms with E-state index in [4.69, 9.17) is 15.2 Å². The highest BCUT2D eigenvalue weighted by molar-refractivity contribution is 7.89. The van der Waals surface area contributed by atoms with Crippen LogP contribution in [0.15, 0.2) is 35.5 Å². The zero-order valence-electron chi connectivity index (χ0n) is 23.1. The van der Waals surface area contributed by atoms with Crippen molar-refractivity contribution in [1.29, 1.82) is 0 Å². The average Bonchev–Trinajstić information content (AvgIpc) is 3.32. The summed E-state index contributed by atoms with van der Waals surface area (Å²) >= 11 is 0. The molecule has 0 radical (unpaired) electrons. The summed E-state index contributed by atoms with van der Waals surface area (Å²) < 4.78 is 120. The van der Waals surface area contributed by atoms with E-state index in [0.717, 1.165) is 10.6 Å². The van der Waals surface area contributed by atoms with Crippen molar-refractivity contribution in [2.45, 2.75) is 80.4 Å². The predicted molar refractivity (Wildman–Crippen MR) is 139 cm³/mol. The van der Waals surface area contributed by atoms with Crippen LogP contribution in [0.1, 0.15) is 50.8 Å². The first-order valence-electron chi connectivity index (χ1n) is 13.0. The maximum atomic E-state index is 13.6. The second-order valence-electron chi connectivity index (χ2n) is 11.4. The number of anilines is 1. The maximum absolute atomic E-state index is 13.6. The third kappa shape index (κ3) is 5.42. The minimum atomic E-state index is -5.18. The molecule has 0 amide bonds. The minimum Gasteiger partial charge on any atom is -0.450 e. The molecule has 2 aromatic heterocycles. The van der Waals surface area contributed by atoms with Crippen molar-refractivity contribution in [3.05, 3.63) is 41.9 Å². The summed E-state index contributed by atoms with van der Waals surface area (Å²) in [6.07, 6.45) is -7.36. The van der Waals surface area contributed by atoms with Crippen LogP contribution >= 0.6 is 0 Å². The molecular formula is C26H27F6N5O5S. The molecule has 10 nitrogen and oxygen atoms in total. The molecule has 2 bridgehead atoms. The van der Waals surface area contributed by atoms with E-state index in [-0.39, 0.29) is 54.1 Å². The number of nitrogens with two attached hydrogens (primary N) is 1. The lowest BCUT2D eigenvalue weighted by Crippen LogP contribution is -2.69. The van der Waals surface area contributed by atoms with Crippen LogP contribution < -0.4 is 10.5 Å². The molecule has 3 fully saturated rings. The SMILES string of the molecule is Cc1ccc(S(=O)(=O)NC23CCC(C(C)(C)OC(=O)C(F)(F)F)(CC2)OC3)cc1-c1cnc2c(N)nc(C(F)(F)F)cn12. The van der Waals surface area contributed by atoms with Gasteiger partial charge < -0.3 is 15.2 Å². The Hall–Kier alpha value is -3.44. The van der Waals surface area contributed by atoms with Gasteiger partial charge in [0.15, 0.2) is 17.2 Å². The molecule has 4 heterocycles. The van der Waals surface area contributed by atoms with Crippen LogP contribution in [0.25, 0.3) is 16.9 Å². The number of esters is 1. The second-order valence-corrected chi connectivity index (χ2v) is 13.1. The highest BCUT2D eigenvalue weighted by Gasteiger charge is 2.60. The fourth-order valence-electron chi connectivity index (χ4n) is 5.72. The molecule has 43 heavy (non-hydrogen) atoms. The van der Waals surface area contributed by atoms with Gasteiger partial charge >= 0.3 is 18.3 Å². The average molecular weight is 636 g/mol. The third-order valence-corrected chi connectivity index (χ3v) is 9.85. The van der Waals surface area contributed by atoms with E-state index in [1.54, 1.807) is 6.92 Å². The molecule has 0 unspecified atom stereocenters. The summed E-state index contributed by atoms with van der Waals surface area (Å²) in [7, 11) is -4.23. The van der Waals surface area contributed by atoms with E-state index < -0.39 is 56.6 Å². The number of aromatic nitrogens is 3. The molecule has 1 aliphatic carbocycles. The van der Waals surface area contributed by atoms with Crippen LogP contribution in [0.5, 0.6) is 0 Å². The van der Waals surface area contributed by atoms with Gasteiger partial charge in [-0.05, 0) is 64.2 Å². The number of ether oxygens (including phenoxy) is 2. The van der Waals surface area contributed by atoms with Gasteiger partial charge in [0.05, 0.1) is 28.9 Å². The first kappa shape index (κ1) is 31.0. The maximum Gasteiger partial charge on any atom is 0.490 e. The number of nitrogens with zero attached hydrogens (tertiary/aromatic N) is 3. The van der Waals surface area contributed by atoms with Crippen molar-refractivity contribution in [1.82, 2.24) is 19.1 Å². The number of rotatable bonds is 6.